The third-order valence-electron chi connectivity index (χ3n) is 1.87. The van der Waals surface area contributed by atoms with Crippen molar-refractivity contribution in [2.75, 3.05) is 6.54 Å². The van der Waals surface area contributed by atoms with Crippen LogP contribution in [-0.2, 0) is 6.54 Å². The van der Waals surface area contributed by atoms with Crippen LogP contribution in [0.3, 0.4) is 0 Å². The molecule has 2 rings (SSSR count). The lowest BCUT2D eigenvalue weighted by molar-refractivity contribution is 0.556. The van der Waals surface area contributed by atoms with Crippen molar-refractivity contribution in [3.63, 3.8) is 0 Å². The first-order valence-electron chi connectivity index (χ1n) is 4.38. The number of oxazole rings is 1. The maximum atomic E-state index is 5.42. The zero-order valence-electron chi connectivity index (χ0n) is 7.63. The summed E-state index contributed by atoms with van der Waals surface area (Å²) >= 11 is 0. The summed E-state index contributed by atoms with van der Waals surface area (Å²) in [5.74, 6) is 1.32. The Hall–Kier alpha value is -1.69. The monoisotopic (exact) mass is 193 g/mol. The Labute approximate surface area is 80.8 Å². The summed E-state index contributed by atoms with van der Waals surface area (Å²) in [6, 6.07) is 0. The molecule has 6 nitrogen and oxygen atoms in total. The van der Waals surface area contributed by atoms with E-state index >= 15 is 0 Å². The molecule has 6 heteroatoms. The third kappa shape index (κ3) is 1.64. The van der Waals surface area contributed by atoms with Crippen LogP contribution >= 0.6 is 0 Å². The minimum absolute atomic E-state index is 0.625. The summed E-state index contributed by atoms with van der Waals surface area (Å²) in [7, 11) is 0. The molecule has 2 heterocycles. The average Bonchev–Trinajstić information content (AvgIpc) is 2.84. The summed E-state index contributed by atoms with van der Waals surface area (Å²) in [4.78, 5) is 3.83. The first kappa shape index (κ1) is 8.89. The lowest BCUT2D eigenvalue weighted by atomic mass is 10.4. The van der Waals surface area contributed by atoms with E-state index < -0.39 is 0 Å². The van der Waals surface area contributed by atoms with Crippen molar-refractivity contribution >= 4 is 0 Å². The highest BCUT2D eigenvalue weighted by Crippen LogP contribution is 2.14. The molecule has 2 aromatic rings. The van der Waals surface area contributed by atoms with Gasteiger partial charge in [-0.25, -0.2) is 4.98 Å². The van der Waals surface area contributed by atoms with Gasteiger partial charge < -0.3 is 14.7 Å². The van der Waals surface area contributed by atoms with E-state index in [9.17, 15) is 0 Å². The SMILES string of the molecule is NCCCn1cnnc1-c1cnco1. The van der Waals surface area contributed by atoms with Gasteiger partial charge in [-0.05, 0) is 13.0 Å². The van der Waals surface area contributed by atoms with E-state index in [4.69, 9.17) is 10.2 Å². The smallest absolute Gasteiger partial charge is 0.201 e. The van der Waals surface area contributed by atoms with Crippen LogP contribution in [0, 0.1) is 0 Å². The van der Waals surface area contributed by atoms with Gasteiger partial charge in [0.25, 0.3) is 0 Å². The van der Waals surface area contributed by atoms with Gasteiger partial charge in [-0.3, -0.25) is 0 Å². The molecular formula is C8H11N5O. The van der Waals surface area contributed by atoms with E-state index in [1.165, 1.54) is 6.39 Å². The highest BCUT2D eigenvalue weighted by molar-refractivity contribution is 5.43. The van der Waals surface area contributed by atoms with E-state index in [1.54, 1.807) is 12.5 Å². The Kier molecular flexibility index (Phi) is 2.55. The molecule has 0 spiro atoms. The number of aryl methyl sites for hydroxylation is 1. The van der Waals surface area contributed by atoms with E-state index in [-0.39, 0.29) is 0 Å². The van der Waals surface area contributed by atoms with Crippen molar-refractivity contribution in [2.45, 2.75) is 13.0 Å². The fourth-order valence-electron chi connectivity index (χ4n) is 1.20. The highest BCUT2D eigenvalue weighted by Gasteiger charge is 2.09. The van der Waals surface area contributed by atoms with E-state index in [2.05, 4.69) is 15.2 Å². The van der Waals surface area contributed by atoms with Crippen LogP contribution < -0.4 is 5.73 Å². The third-order valence-corrected chi connectivity index (χ3v) is 1.87. The van der Waals surface area contributed by atoms with Crippen LogP contribution in [0.5, 0.6) is 0 Å². The van der Waals surface area contributed by atoms with Gasteiger partial charge in [0.15, 0.2) is 12.2 Å². The number of hydrogen-bond acceptors (Lipinski definition) is 5. The van der Waals surface area contributed by atoms with Crippen LogP contribution in [0.2, 0.25) is 0 Å². The van der Waals surface area contributed by atoms with Gasteiger partial charge in [0.1, 0.15) is 6.33 Å². The number of nitrogens with two attached hydrogens (primary N) is 1. The molecule has 0 radical (unpaired) electrons. The summed E-state index contributed by atoms with van der Waals surface area (Å²) in [6.07, 6.45) is 5.53. The molecule has 0 fully saturated rings. The number of nitrogens with zero attached hydrogens (tertiary/aromatic N) is 4. The first-order chi connectivity index (χ1) is 6.92. The fourth-order valence-corrected chi connectivity index (χ4v) is 1.20. The average molecular weight is 193 g/mol. The van der Waals surface area contributed by atoms with Crippen molar-refractivity contribution in [2.24, 2.45) is 5.73 Å². The summed E-state index contributed by atoms with van der Waals surface area (Å²) in [5, 5.41) is 7.77. The molecular weight excluding hydrogens is 182 g/mol. The minimum Gasteiger partial charge on any atom is -0.440 e. The van der Waals surface area contributed by atoms with Crippen LogP contribution in [0.25, 0.3) is 11.6 Å². The van der Waals surface area contributed by atoms with Gasteiger partial charge in [0.2, 0.25) is 5.82 Å². The highest BCUT2D eigenvalue weighted by atomic mass is 16.3. The second kappa shape index (κ2) is 4.01. The molecule has 0 bridgehead atoms. The normalized spacial score (nSPS) is 10.6. The van der Waals surface area contributed by atoms with Crippen molar-refractivity contribution in [1.29, 1.82) is 0 Å². The zero-order valence-corrected chi connectivity index (χ0v) is 7.63. The molecule has 0 saturated heterocycles. The lowest BCUT2D eigenvalue weighted by Crippen LogP contribution is -2.06. The van der Waals surface area contributed by atoms with Gasteiger partial charge in [-0.1, -0.05) is 0 Å². The molecule has 2 N–H and O–H groups in total. The van der Waals surface area contributed by atoms with Gasteiger partial charge >= 0.3 is 0 Å². The Morgan fingerprint density at radius 1 is 1.50 bits per heavy atom. The molecule has 2 aromatic heterocycles. The number of rotatable bonds is 4. The largest absolute Gasteiger partial charge is 0.440 e. The van der Waals surface area contributed by atoms with E-state index in [1.807, 2.05) is 4.57 Å². The predicted octanol–water partition coefficient (Wildman–Crippen LogP) is 0.282. The van der Waals surface area contributed by atoms with Gasteiger partial charge in [-0.15, -0.1) is 10.2 Å². The Bertz CT molecular complexity index is 380. The predicted molar refractivity (Wildman–Crippen MR) is 49.2 cm³/mol. The van der Waals surface area contributed by atoms with Crippen LogP contribution in [0.1, 0.15) is 6.42 Å². The van der Waals surface area contributed by atoms with Crippen LogP contribution in [0.4, 0.5) is 0 Å². The molecule has 0 amide bonds. The molecule has 14 heavy (non-hydrogen) atoms. The van der Waals surface area contributed by atoms with E-state index in [0.29, 0.717) is 18.1 Å². The Morgan fingerprint density at radius 2 is 2.43 bits per heavy atom. The topological polar surface area (TPSA) is 82.8 Å². The minimum atomic E-state index is 0.625. The number of aromatic nitrogens is 4. The zero-order chi connectivity index (χ0) is 9.80. The van der Waals surface area contributed by atoms with Gasteiger partial charge in [0, 0.05) is 6.54 Å². The molecule has 0 aliphatic carbocycles. The number of hydrogen-bond donors (Lipinski definition) is 1. The van der Waals surface area contributed by atoms with Crippen molar-refractivity contribution in [3.8, 4) is 11.6 Å². The molecule has 0 atom stereocenters. The maximum absolute atomic E-state index is 5.42. The summed E-state index contributed by atoms with van der Waals surface area (Å²) in [5.41, 5.74) is 5.42. The first-order valence-corrected chi connectivity index (χ1v) is 4.38. The van der Waals surface area contributed by atoms with Crippen molar-refractivity contribution in [3.05, 3.63) is 18.9 Å². The quantitative estimate of drug-likeness (QED) is 0.754. The second-order valence-corrected chi connectivity index (χ2v) is 2.86. The Balaban J connectivity index is 2.22. The maximum Gasteiger partial charge on any atom is 0.201 e. The van der Waals surface area contributed by atoms with Crippen LogP contribution in [0.15, 0.2) is 23.3 Å². The molecule has 0 aromatic carbocycles. The Morgan fingerprint density at radius 3 is 3.14 bits per heavy atom. The van der Waals surface area contributed by atoms with Crippen LogP contribution in [-0.4, -0.2) is 26.3 Å². The van der Waals surface area contributed by atoms with E-state index in [0.717, 1.165) is 13.0 Å². The molecule has 0 unspecified atom stereocenters. The van der Waals surface area contributed by atoms with Crippen molar-refractivity contribution in [1.82, 2.24) is 19.7 Å². The molecule has 74 valence electrons. The van der Waals surface area contributed by atoms with Gasteiger partial charge in [-0.2, -0.15) is 0 Å². The summed E-state index contributed by atoms with van der Waals surface area (Å²) < 4.78 is 7.03. The molecule has 0 aliphatic heterocycles. The second-order valence-electron chi connectivity index (χ2n) is 2.86. The van der Waals surface area contributed by atoms with Crippen molar-refractivity contribution < 1.29 is 4.42 Å². The molecule has 0 saturated carbocycles. The standard InChI is InChI=1S/C8H11N5O/c9-2-1-3-13-5-11-12-8(13)7-4-10-6-14-7/h4-6H,1-3,9H2. The van der Waals surface area contributed by atoms with Gasteiger partial charge in [0.05, 0.1) is 6.20 Å². The summed E-state index contributed by atoms with van der Waals surface area (Å²) in [6.45, 7) is 1.44. The fraction of sp³-hybridized carbons (Fsp3) is 0.375. The molecule has 0 aliphatic rings. The lowest BCUT2D eigenvalue weighted by Gasteiger charge is -2.01.